The predicted molar refractivity (Wildman–Crippen MR) is 139 cm³/mol. The Kier molecular flexibility index (Phi) is 7.42. The average Bonchev–Trinajstić information content (AvgIpc) is 3.45. The minimum absolute atomic E-state index is 0.0320. The number of amides is 4. The lowest BCUT2D eigenvalue weighted by atomic mass is 9.97. The molecule has 1 N–H and O–H groups in total. The van der Waals surface area contributed by atoms with Gasteiger partial charge in [-0.05, 0) is 24.0 Å². The van der Waals surface area contributed by atoms with E-state index in [1.807, 2.05) is 65.6 Å². The van der Waals surface area contributed by atoms with Crippen molar-refractivity contribution in [3.05, 3.63) is 71.8 Å². The number of nitrogens with one attached hydrogen (secondary N) is 1. The largest absolute Gasteiger partial charge is 0.334 e. The fraction of sp³-hybridized carbons (Fsp3) is 0.414. The van der Waals surface area contributed by atoms with Crippen LogP contribution < -0.4 is 5.32 Å². The van der Waals surface area contributed by atoms with Gasteiger partial charge in [0.15, 0.2) is 0 Å². The number of hydrogen-bond acceptors (Lipinski definition) is 4. The number of hydrogen-bond donors (Lipinski definition) is 1. The van der Waals surface area contributed by atoms with Crippen LogP contribution >= 0.6 is 0 Å². The Labute approximate surface area is 218 Å². The first-order valence-corrected chi connectivity index (χ1v) is 13.0. The summed E-state index contributed by atoms with van der Waals surface area (Å²) < 4.78 is 0. The van der Waals surface area contributed by atoms with Crippen LogP contribution in [0, 0.1) is 12.3 Å². The number of carbonyl (C=O) groups is 3. The minimum Gasteiger partial charge on any atom is -0.334 e. The number of fused-ring (bicyclic) bond motifs is 1. The smallest absolute Gasteiger partial charge is 0.334 e. The van der Waals surface area contributed by atoms with Crippen molar-refractivity contribution in [2.24, 2.45) is 0 Å². The van der Waals surface area contributed by atoms with E-state index in [0.717, 1.165) is 36.8 Å². The van der Waals surface area contributed by atoms with Crippen molar-refractivity contribution in [1.29, 1.82) is 0 Å². The molecule has 0 radical (unpaired) electrons. The molecule has 5 rings (SSSR count). The molecule has 2 aliphatic heterocycles. The molecule has 37 heavy (non-hydrogen) atoms. The van der Waals surface area contributed by atoms with Gasteiger partial charge < -0.3 is 15.1 Å². The topological polar surface area (TPSA) is 76.2 Å². The molecular formula is C29H33N5O3. The van der Waals surface area contributed by atoms with Crippen molar-refractivity contribution < 1.29 is 14.4 Å². The number of terminal acetylenes is 1. The van der Waals surface area contributed by atoms with Crippen LogP contribution in [-0.4, -0.2) is 75.5 Å². The molecule has 4 amide bonds. The summed E-state index contributed by atoms with van der Waals surface area (Å²) in [6.45, 7) is 0.691. The van der Waals surface area contributed by atoms with Gasteiger partial charge in [0.1, 0.15) is 12.2 Å². The molecule has 0 aromatic heterocycles. The molecule has 0 unspecified atom stereocenters. The molecule has 2 heterocycles. The summed E-state index contributed by atoms with van der Waals surface area (Å²) in [6, 6.07) is 18.5. The molecule has 1 saturated carbocycles. The van der Waals surface area contributed by atoms with Gasteiger partial charge in [0.25, 0.3) is 0 Å². The zero-order valence-electron chi connectivity index (χ0n) is 21.0. The monoisotopic (exact) mass is 499 g/mol. The first-order chi connectivity index (χ1) is 18.1. The van der Waals surface area contributed by atoms with Gasteiger partial charge in [-0.2, -0.15) is 5.01 Å². The molecule has 0 spiro atoms. The third-order valence-corrected chi connectivity index (χ3v) is 7.58. The second-order valence-electron chi connectivity index (χ2n) is 9.93. The first kappa shape index (κ1) is 24.8. The van der Waals surface area contributed by atoms with Gasteiger partial charge in [-0.1, -0.05) is 79.4 Å². The molecule has 8 nitrogen and oxygen atoms in total. The van der Waals surface area contributed by atoms with Crippen LogP contribution in [0.4, 0.5) is 4.79 Å². The third kappa shape index (κ3) is 5.18. The second-order valence-corrected chi connectivity index (χ2v) is 9.93. The Morgan fingerprint density at radius 1 is 0.973 bits per heavy atom. The molecule has 1 aliphatic carbocycles. The molecule has 3 aliphatic rings. The molecule has 192 valence electrons. The van der Waals surface area contributed by atoms with Crippen molar-refractivity contribution in [3.8, 4) is 12.3 Å². The van der Waals surface area contributed by atoms with Crippen LogP contribution in [0.5, 0.6) is 0 Å². The summed E-state index contributed by atoms with van der Waals surface area (Å²) >= 11 is 0. The van der Waals surface area contributed by atoms with Gasteiger partial charge in [0.2, 0.25) is 11.8 Å². The summed E-state index contributed by atoms with van der Waals surface area (Å²) in [7, 11) is 0. The number of nitrogens with zero attached hydrogens (tertiary/aromatic N) is 4. The van der Waals surface area contributed by atoms with Gasteiger partial charge in [-0.3, -0.25) is 9.59 Å². The van der Waals surface area contributed by atoms with Gasteiger partial charge in [0.05, 0.1) is 19.6 Å². The quantitative estimate of drug-likeness (QED) is 0.620. The van der Waals surface area contributed by atoms with Crippen LogP contribution in [0.3, 0.4) is 0 Å². The Hall–Kier alpha value is -3.83. The Balaban J connectivity index is 1.47. The van der Waals surface area contributed by atoms with Gasteiger partial charge in [0, 0.05) is 19.0 Å². The maximum absolute atomic E-state index is 13.9. The summed E-state index contributed by atoms with van der Waals surface area (Å²) in [5.41, 5.74) is 1.95. The zero-order chi connectivity index (χ0) is 25.8. The van der Waals surface area contributed by atoms with Crippen molar-refractivity contribution >= 4 is 17.8 Å². The van der Waals surface area contributed by atoms with E-state index in [2.05, 4.69) is 11.2 Å². The number of benzene rings is 2. The standard InChI is InChI=1S/C29H33N5O3/c1-2-17-31-21-27(35)33-25(18-22-11-5-3-6-12-22)28(36)32(24-15-9-10-16-24)20-26(33)34(31)29(37)30-19-23-13-7-4-8-14-23/h1,3-8,11-14,24-26H,9-10,15-21H2,(H,30,37)/t25-,26-/m0/s1. The maximum atomic E-state index is 13.9. The fourth-order valence-electron chi connectivity index (χ4n) is 5.83. The predicted octanol–water partition coefficient (Wildman–Crippen LogP) is 2.61. The van der Waals surface area contributed by atoms with E-state index in [4.69, 9.17) is 6.42 Å². The van der Waals surface area contributed by atoms with Crippen molar-refractivity contribution in [2.75, 3.05) is 19.6 Å². The highest BCUT2D eigenvalue weighted by atomic mass is 16.2. The maximum Gasteiger partial charge on any atom is 0.334 e. The second kappa shape index (κ2) is 11.1. The number of urea groups is 1. The number of piperazine rings is 1. The molecule has 8 heteroatoms. The lowest BCUT2D eigenvalue weighted by Gasteiger charge is -2.55. The summed E-state index contributed by atoms with van der Waals surface area (Å²) in [5, 5.41) is 6.21. The van der Waals surface area contributed by atoms with Crippen molar-refractivity contribution in [1.82, 2.24) is 25.1 Å². The van der Waals surface area contributed by atoms with E-state index in [9.17, 15) is 14.4 Å². The van der Waals surface area contributed by atoms with Gasteiger partial charge in [-0.15, -0.1) is 6.42 Å². The Morgan fingerprint density at radius 2 is 1.62 bits per heavy atom. The van der Waals surface area contributed by atoms with Crippen LogP contribution in [0.25, 0.3) is 0 Å². The summed E-state index contributed by atoms with van der Waals surface area (Å²) in [6.07, 6.45) is 9.46. The van der Waals surface area contributed by atoms with Gasteiger partial charge >= 0.3 is 6.03 Å². The number of rotatable bonds is 6. The first-order valence-electron chi connectivity index (χ1n) is 13.0. The highest BCUT2D eigenvalue weighted by molar-refractivity contribution is 5.92. The summed E-state index contributed by atoms with van der Waals surface area (Å²) in [4.78, 5) is 44.6. The number of carbonyl (C=O) groups excluding carboxylic acids is 3. The van der Waals surface area contributed by atoms with E-state index in [1.54, 1.807) is 14.9 Å². The van der Waals surface area contributed by atoms with E-state index in [0.29, 0.717) is 13.0 Å². The third-order valence-electron chi connectivity index (χ3n) is 7.58. The van der Waals surface area contributed by atoms with Gasteiger partial charge in [-0.25, -0.2) is 9.80 Å². The van der Waals surface area contributed by atoms with Crippen LogP contribution in [-0.2, 0) is 22.6 Å². The lowest BCUT2D eigenvalue weighted by Crippen LogP contribution is -2.77. The van der Waals surface area contributed by atoms with Crippen LogP contribution in [0.15, 0.2) is 60.7 Å². The van der Waals surface area contributed by atoms with Crippen molar-refractivity contribution in [2.45, 2.75) is 56.9 Å². The van der Waals surface area contributed by atoms with Crippen molar-refractivity contribution in [3.63, 3.8) is 0 Å². The van der Waals surface area contributed by atoms with E-state index in [-0.39, 0.29) is 43.5 Å². The SMILES string of the molecule is C#CCN1CC(=O)N2[C@@H](Cc3ccccc3)C(=O)N(C3CCCC3)C[C@@H]2N1C(=O)NCc1ccccc1. The zero-order valence-corrected chi connectivity index (χ0v) is 21.0. The highest BCUT2D eigenvalue weighted by Crippen LogP contribution is 2.33. The van der Waals surface area contributed by atoms with E-state index < -0.39 is 12.2 Å². The molecule has 3 fully saturated rings. The minimum atomic E-state index is -0.674. The van der Waals surface area contributed by atoms with Crippen LogP contribution in [0.2, 0.25) is 0 Å². The normalized spacial score (nSPS) is 22.6. The molecule has 2 saturated heterocycles. The average molecular weight is 500 g/mol. The Bertz CT molecular complexity index is 1160. The molecule has 2 atom stereocenters. The fourth-order valence-corrected chi connectivity index (χ4v) is 5.83. The molecule has 2 aromatic rings. The molecule has 2 aromatic carbocycles. The molecular weight excluding hydrogens is 466 g/mol. The van der Waals surface area contributed by atoms with E-state index >= 15 is 0 Å². The lowest BCUT2D eigenvalue weighted by molar-refractivity contribution is -0.190. The van der Waals surface area contributed by atoms with Crippen LogP contribution in [0.1, 0.15) is 36.8 Å². The Morgan fingerprint density at radius 3 is 2.27 bits per heavy atom. The highest BCUT2D eigenvalue weighted by Gasteiger charge is 2.52. The number of hydrazine groups is 1. The van der Waals surface area contributed by atoms with E-state index in [1.165, 1.54) is 0 Å². The summed E-state index contributed by atoms with van der Waals surface area (Å²) in [5.74, 6) is 2.37. The molecule has 0 bridgehead atoms.